The summed E-state index contributed by atoms with van der Waals surface area (Å²) in [6.07, 6.45) is 2.90. The number of aromatic nitrogens is 1. The van der Waals surface area contributed by atoms with Crippen LogP contribution in [0.3, 0.4) is 0 Å². The number of carbonyl (C=O) groups excluding carboxylic acids is 1. The van der Waals surface area contributed by atoms with Gasteiger partial charge in [-0.3, -0.25) is 4.79 Å². The third-order valence-corrected chi connectivity index (χ3v) is 2.57. The summed E-state index contributed by atoms with van der Waals surface area (Å²) >= 11 is 0. The summed E-state index contributed by atoms with van der Waals surface area (Å²) in [4.78, 5) is 11.7. The number of aryl methyl sites for hydroxylation is 1. The van der Waals surface area contributed by atoms with Gasteiger partial charge in [0.25, 0.3) is 5.91 Å². The third kappa shape index (κ3) is 1.80. The molecule has 0 spiro atoms. The molecule has 1 aromatic rings. The molecule has 0 radical (unpaired) electrons. The number of rotatable bonds is 2. The predicted molar refractivity (Wildman–Crippen MR) is 54.2 cm³/mol. The average molecular weight is 193 g/mol. The third-order valence-electron chi connectivity index (χ3n) is 2.57. The smallest absolute Gasteiger partial charge is 0.268 e. The van der Waals surface area contributed by atoms with Crippen LogP contribution in [0.2, 0.25) is 0 Å². The van der Waals surface area contributed by atoms with E-state index < -0.39 is 0 Å². The summed E-state index contributed by atoms with van der Waals surface area (Å²) in [6.45, 7) is 1.88. The Morgan fingerprint density at radius 2 is 2.57 bits per heavy atom. The Kier molecular flexibility index (Phi) is 2.54. The Morgan fingerprint density at radius 1 is 1.71 bits per heavy atom. The van der Waals surface area contributed by atoms with Crippen molar-refractivity contribution >= 4 is 5.91 Å². The lowest BCUT2D eigenvalue weighted by atomic mass is 10.2. The maximum Gasteiger partial charge on any atom is 0.268 e. The first-order chi connectivity index (χ1) is 6.77. The van der Waals surface area contributed by atoms with Gasteiger partial charge in [-0.05, 0) is 25.1 Å². The second kappa shape index (κ2) is 3.84. The Morgan fingerprint density at radius 3 is 3.14 bits per heavy atom. The zero-order valence-corrected chi connectivity index (χ0v) is 8.29. The van der Waals surface area contributed by atoms with Crippen LogP contribution in [0, 0.1) is 0 Å². The fourth-order valence-electron chi connectivity index (χ4n) is 1.73. The standard InChI is InChI=1S/C10H15N3O/c1-13-6-2-3-9(13)10(14)12-8-4-5-11-7-8/h2-3,6,8,11H,4-5,7H2,1H3,(H,12,14)/t8-/m0/s1. The Bertz CT molecular complexity index is 326. The maximum absolute atomic E-state index is 11.7. The molecule has 0 aliphatic carbocycles. The molecule has 0 unspecified atom stereocenters. The monoisotopic (exact) mass is 193 g/mol. The van der Waals surface area contributed by atoms with Crippen LogP contribution >= 0.6 is 0 Å². The molecule has 1 aliphatic heterocycles. The molecule has 1 amide bonds. The summed E-state index contributed by atoms with van der Waals surface area (Å²) in [7, 11) is 1.88. The van der Waals surface area contributed by atoms with Gasteiger partial charge in [-0.25, -0.2) is 0 Å². The van der Waals surface area contributed by atoms with Gasteiger partial charge in [-0.15, -0.1) is 0 Å². The highest BCUT2D eigenvalue weighted by Crippen LogP contribution is 2.02. The van der Waals surface area contributed by atoms with Gasteiger partial charge in [0.05, 0.1) is 0 Å². The average Bonchev–Trinajstić information content (AvgIpc) is 2.75. The molecule has 2 N–H and O–H groups in total. The van der Waals surface area contributed by atoms with Gasteiger partial charge in [0.2, 0.25) is 0 Å². The molecule has 1 aliphatic rings. The summed E-state index contributed by atoms with van der Waals surface area (Å²) < 4.78 is 1.83. The zero-order chi connectivity index (χ0) is 9.97. The predicted octanol–water partition coefficient (Wildman–Crippen LogP) is 0.117. The minimum atomic E-state index is 0.0196. The van der Waals surface area contributed by atoms with Crippen LogP contribution < -0.4 is 10.6 Å². The number of nitrogens with zero attached hydrogens (tertiary/aromatic N) is 1. The Balaban J connectivity index is 1.98. The molecule has 2 rings (SSSR count). The van der Waals surface area contributed by atoms with E-state index in [-0.39, 0.29) is 11.9 Å². The number of nitrogens with one attached hydrogen (secondary N) is 2. The van der Waals surface area contributed by atoms with Gasteiger partial charge in [0, 0.05) is 25.8 Å². The molecule has 1 atom stereocenters. The van der Waals surface area contributed by atoms with E-state index in [1.54, 1.807) is 0 Å². The van der Waals surface area contributed by atoms with Gasteiger partial charge in [0.15, 0.2) is 0 Å². The van der Waals surface area contributed by atoms with Crippen LogP contribution in [0.4, 0.5) is 0 Å². The van der Waals surface area contributed by atoms with Crippen LogP contribution in [0.15, 0.2) is 18.3 Å². The summed E-state index contributed by atoms with van der Waals surface area (Å²) in [5.41, 5.74) is 0.719. The topological polar surface area (TPSA) is 46.1 Å². The second-order valence-electron chi connectivity index (χ2n) is 3.67. The minimum absolute atomic E-state index is 0.0196. The van der Waals surface area contributed by atoms with Crippen molar-refractivity contribution in [3.8, 4) is 0 Å². The highest BCUT2D eigenvalue weighted by atomic mass is 16.2. The van der Waals surface area contributed by atoms with Crippen molar-refractivity contribution in [1.29, 1.82) is 0 Å². The van der Waals surface area contributed by atoms with E-state index in [0.717, 1.165) is 25.2 Å². The lowest BCUT2D eigenvalue weighted by Crippen LogP contribution is -2.36. The van der Waals surface area contributed by atoms with E-state index in [2.05, 4.69) is 10.6 Å². The SMILES string of the molecule is Cn1cccc1C(=O)N[C@H]1CCNC1. The molecule has 4 nitrogen and oxygen atoms in total. The molecule has 1 saturated heterocycles. The summed E-state index contributed by atoms with van der Waals surface area (Å²) in [6, 6.07) is 4.00. The zero-order valence-electron chi connectivity index (χ0n) is 8.29. The van der Waals surface area contributed by atoms with Crippen molar-refractivity contribution in [3.63, 3.8) is 0 Å². The van der Waals surface area contributed by atoms with E-state index in [1.807, 2.05) is 29.9 Å². The van der Waals surface area contributed by atoms with E-state index in [1.165, 1.54) is 0 Å². The van der Waals surface area contributed by atoms with Crippen molar-refractivity contribution in [2.24, 2.45) is 7.05 Å². The summed E-state index contributed by atoms with van der Waals surface area (Å²) in [5.74, 6) is 0.0196. The van der Waals surface area contributed by atoms with Gasteiger partial charge in [0.1, 0.15) is 5.69 Å². The molecule has 1 fully saturated rings. The lowest BCUT2D eigenvalue weighted by molar-refractivity contribution is 0.0932. The highest BCUT2D eigenvalue weighted by molar-refractivity contribution is 5.92. The lowest BCUT2D eigenvalue weighted by Gasteiger charge is -2.11. The van der Waals surface area contributed by atoms with Crippen LogP contribution in [-0.2, 0) is 7.05 Å². The molecule has 1 aromatic heterocycles. The molecule has 4 heteroatoms. The second-order valence-corrected chi connectivity index (χ2v) is 3.67. The van der Waals surface area contributed by atoms with Crippen LogP contribution in [-0.4, -0.2) is 29.6 Å². The molecule has 14 heavy (non-hydrogen) atoms. The van der Waals surface area contributed by atoms with Crippen molar-refractivity contribution in [2.75, 3.05) is 13.1 Å². The molecule has 2 heterocycles. The van der Waals surface area contributed by atoms with Crippen molar-refractivity contribution in [2.45, 2.75) is 12.5 Å². The molecular formula is C10H15N3O. The minimum Gasteiger partial charge on any atom is -0.347 e. The van der Waals surface area contributed by atoms with Crippen molar-refractivity contribution < 1.29 is 4.79 Å². The maximum atomic E-state index is 11.7. The molecule has 0 bridgehead atoms. The summed E-state index contributed by atoms with van der Waals surface area (Å²) in [5, 5.41) is 6.22. The first-order valence-corrected chi connectivity index (χ1v) is 4.90. The van der Waals surface area contributed by atoms with Crippen LogP contribution in [0.25, 0.3) is 0 Å². The molecule has 0 aromatic carbocycles. The highest BCUT2D eigenvalue weighted by Gasteiger charge is 2.18. The van der Waals surface area contributed by atoms with Gasteiger partial charge in [-0.2, -0.15) is 0 Å². The Hall–Kier alpha value is -1.29. The normalized spacial score (nSPS) is 21.1. The van der Waals surface area contributed by atoms with Crippen molar-refractivity contribution in [3.05, 3.63) is 24.0 Å². The quantitative estimate of drug-likeness (QED) is 0.700. The van der Waals surface area contributed by atoms with E-state index in [9.17, 15) is 4.79 Å². The number of amides is 1. The first kappa shape index (κ1) is 9.27. The Labute approximate surface area is 83.3 Å². The van der Waals surface area contributed by atoms with E-state index >= 15 is 0 Å². The van der Waals surface area contributed by atoms with Gasteiger partial charge in [-0.1, -0.05) is 0 Å². The van der Waals surface area contributed by atoms with E-state index in [4.69, 9.17) is 0 Å². The van der Waals surface area contributed by atoms with Crippen LogP contribution in [0.5, 0.6) is 0 Å². The van der Waals surface area contributed by atoms with Crippen LogP contribution in [0.1, 0.15) is 16.9 Å². The van der Waals surface area contributed by atoms with Gasteiger partial charge < -0.3 is 15.2 Å². The first-order valence-electron chi connectivity index (χ1n) is 4.90. The number of carbonyl (C=O) groups is 1. The molecule has 0 saturated carbocycles. The fourth-order valence-corrected chi connectivity index (χ4v) is 1.73. The number of hydrogen-bond acceptors (Lipinski definition) is 2. The fraction of sp³-hybridized carbons (Fsp3) is 0.500. The molecular weight excluding hydrogens is 178 g/mol. The largest absolute Gasteiger partial charge is 0.347 e. The van der Waals surface area contributed by atoms with E-state index in [0.29, 0.717) is 0 Å². The molecule has 76 valence electrons. The number of hydrogen-bond donors (Lipinski definition) is 2. The van der Waals surface area contributed by atoms with Crippen molar-refractivity contribution in [1.82, 2.24) is 15.2 Å². The van der Waals surface area contributed by atoms with Gasteiger partial charge >= 0.3 is 0 Å².